The lowest BCUT2D eigenvalue weighted by molar-refractivity contribution is -0.160. The van der Waals surface area contributed by atoms with Crippen molar-refractivity contribution in [2.24, 2.45) is 0 Å². The van der Waals surface area contributed by atoms with Crippen molar-refractivity contribution in [3.8, 4) is 0 Å². The van der Waals surface area contributed by atoms with Gasteiger partial charge in [0, 0.05) is 6.42 Å². The van der Waals surface area contributed by atoms with Gasteiger partial charge < -0.3 is 9.47 Å². The maximum Gasteiger partial charge on any atom is 0.345 e. The monoisotopic (exact) mass is 224 g/mol. The minimum atomic E-state index is -0.594. The van der Waals surface area contributed by atoms with Crippen molar-refractivity contribution in [3.63, 3.8) is 0 Å². The van der Waals surface area contributed by atoms with E-state index in [0.717, 1.165) is 0 Å². The van der Waals surface area contributed by atoms with Crippen molar-refractivity contribution in [2.45, 2.75) is 51.7 Å². The van der Waals surface area contributed by atoms with Crippen LogP contribution in [0.1, 0.15) is 40.5 Å². The van der Waals surface area contributed by atoms with E-state index in [1.165, 1.54) is 0 Å². The van der Waals surface area contributed by atoms with Gasteiger partial charge in [0.2, 0.25) is 0 Å². The molecule has 0 bridgehead atoms. The largest absolute Gasteiger partial charge is 0.491 e. The normalized spacial score (nSPS) is 27.0. The van der Waals surface area contributed by atoms with Crippen LogP contribution in [0.2, 0.25) is 0 Å². The second-order valence-corrected chi connectivity index (χ2v) is 5.59. The van der Waals surface area contributed by atoms with E-state index in [-0.39, 0.29) is 17.8 Å². The Balaban J connectivity index is 2.44. The Kier molecular flexibility index (Phi) is 2.16. The molecule has 0 N–H and O–H groups in total. The molecule has 0 fully saturated rings. The molecule has 0 atom stereocenters. The molecule has 0 aliphatic carbocycles. The summed E-state index contributed by atoms with van der Waals surface area (Å²) in [6.07, 6.45) is 0.685. The molecule has 4 nitrogen and oxygen atoms in total. The third kappa shape index (κ3) is 1.84. The van der Waals surface area contributed by atoms with Gasteiger partial charge in [0.1, 0.15) is 22.5 Å². The number of ketones is 1. The summed E-state index contributed by atoms with van der Waals surface area (Å²) >= 11 is 0. The first-order valence-corrected chi connectivity index (χ1v) is 5.39. The van der Waals surface area contributed by atoms with Gasteiger partial charge in [-0.15, -0.1) is 0 Å². The van der Waals surface area contributed by atoms with Crippen molar-refractivity contribution in [1.29, 1.82) is 0 Å². The van der Waals surface area contributed by atoms with Gasteiger partial charge in [-0.05, 0) is 27.7 Å². The predicted molar refractivity (Wildman–Crippen MR) is 56.6 cm³/mol. The number of hydrogen-bond donors (Lipinski definition) is 0. The maximum atomic E-state index is 11.8. The first kappa shape index (κ1) is 11.2. The lowest BCUT2D eigenvalue weighted by atomic mass is 9.88. The fraction of sp³-hybridized carbons (Fsp3) is 0.667. The number of carbonyl (C=O) groups excluding carboxylic acids is 2. The highest BCUT2D eigenvalue weighted by molar-refractivity contribution is 6.18. The van der Waals surface area contributed by atoms with Crippen LogP contribution in [-0.2, 0) is 19.1 Å². The standard InChI is InChI=1S/C12H16O4/c1-11(2)5-7(13)9-8(15-11)6-12(3,4)16-10(9)14/h5-6H2,1-4H3. The molecule has 0 saturated heterocycles. The summed E-state index contributed by atoms with van der Waals surface area (Å²) in [5.41, 5.74) is -1.01. The molecule has 0 saturated carbocycles. The van der Waals surface area contributed by atoms with Gasteiger partial charge >= 0.3 is 5.97 Å². The van der Waals surface area contributed by atoms with Crippen molar-refractivity contribution >= 4 is 11.8 Å². The SMILES string of the molecule is CC1(C)CC2=C(C(=O)CC(C)(C)O2)C(=O)O1. The average Bonchev–Trinajstić information content (AvgIpc) is 1.94. The lowest BCUT2D eigenvalue weighted by Gasteiger charge is -2.39. The minimum absolute atomic E-state index is 0.110. The first-order chi connectivity index (χ1) is 7.20. The molecule has 2 rings (SSSR count). The zero-order valence-electron chi connectivity index (χ0n) is 10.0. The molecule has 16 heavy (non-hydrogen) atoms. The second kappa shape index (κ2) is 3.09. The summed E-state index contributed by atoms with van der Waals surface area (Å²) in [4.78, 5) is 23.5. The first-order valence-electron chi connectivity index (χ1n) is 5.39. The van der Waals surface area contributed by atoms with Crippen molar-refractivity contribution in [2.75, 3.05) is 0 Å². The summed E-state index contributed by atoms with van der Waals surface area (Å²) in [6.45, 7) is 7.32. The zero-order chi connectivity index (χ0) is 12.1. The molecule has 2 aliphatic rings. The molecule has 0 unspecified atom stereocenters. The smallest absolute Gasteiger partial charge is 0.345 e. The number of rotatable bonds is 0. The Morgan fingerprint density at radius 3 is 2.12 bits per heavy atom. The topological polar surface area (TPSA) is 52.6 Å². The van der Waals surface area contributed by atoms with Gasteiger partial charge in [-0.25, -0.2) is 4.79 Å². The van der Waals surface area contributed by atoms with Crippen LogP contribution in [0.4, 0.5) is 0 Å². The predicted octanol–water partition coefficient (Wildman–Crippen LogP) is 1.73. The third-order valence-corrected chi connectivity index (χ3v) is 2.70. The molecule has 0 aromatic carbocycles. The highest BCUT2D eigenvalue weighted by Crippen LogP contribution is 2.38. The molecule has 0 spiro atoms. The lowest BCUT2D eigenvalue weighted by Crippen LogP contribution is -2.44. The average molecular weight is 224 g/mol. The third-order valence-electron chi connectivity index (χ3n) is 2.70. The fourth-order valence-electron chi connectivity index (χ4n) is 2.13. The van der Waals surface area contributed by atoms with Crippen LogP contribution < -0.4 is 0 Å². The van der Waals surface area contributed by atoms with E-state index in [2.05, 4.69) is 0 Å². The van der Waals surface area contributed by atoms with Gasteiger partial charge in [0.05, 0.1) is 6.42 Å². The molecule has 88 valence electrons. The molecule has 0 aromatic rings. The summed E-state index contributed by atoms with van der Waals surface area (Å²) in [6, 6.07) is 0. The number of carbonyl (C=O) groups is 2. The number of cyclic esters (lactones) is 1. The quantitative estimate of drug-likeness (QED) is 0.464. The van der Waals surface area contributed by atoms with Gasteiger partial charge in [-0.3, -0.25) is 4.79 Å². The van der Waals surface area contributed by atoms with Gasteiger partial charge in [0.25, 0.3) is 0 Å². The molecule has 0 amide bonds. The van der Waals surface area contributed by atoms with E-state index in [0.29, 0.717) is 12.2 Å². The summed E-state index contributed by atoms with van der Waals surface area (Å²) in [7, 11) is 0. The Hall–Kier alpha value is -1.32. The van der Waals surface area contributed by atoms with E-state index >= 15 is 0 Å². The summed E-state index contributed by atoms with van der Waals surface area (Å²) in [5.74, 6) is -0.235. The number of Topliss-reactive ketones (excluding diaryl/α,β-unsaturated/α-hetero) is 1. The van der Waals surface area contributed by atoms with Crippen LogP contribution in [0.25, 0.3) is 0 Å². The maximum absolute atomic E-state index is 11.8. The Morgan fingerprint density at radius 2 is 1.50 bits per heavy atom. The molecule has 0 radical (unpaired) electrons. The molecule has 4 heteroatoms. The van der Waals surface area contributed by atoms with Crippen molar-refractivity contribution < 1.29 is 19.1 Å². The molecular weight excluding hydrogens is 208 g/mol. The van der Waals surface area contributed by atoms with Gasteiger partial charge in [0.15, 0.2) is 5.78 Å². The number of ether oxygens (including phenoxy) is 2. The number of hydrogen-bond acceptors (Lipinski definition) is 4. The van der Waals surface area contributed by atoms with E-state index in [9.17, 15) is 9.59 Å². The molecule has 2 aliphatic heterocycles. The number of esters is 1. The Bertz CT molecular complexity index is 365. The Morgan fingerprint density at radius 1 is 0.938 bits per heavy atom. The van der Waals surface area contributed by atoms with E-state index in [4.69, 9.17) is 9.47 Å². The van der Waals surface area contributed by atoms with Crippen LogP contribution >= 0.6 is 0 Å². The van der Waals surface area contributed by atoms with Gasteiger partial charge in [-0.2, -0.15) is 0 Å². The van der Waals surface area contributed by atoms with Crippen LogP contribution in [0.15, 0.2) is 11.3 Å². The fourth-order valence-corrected chi connectivity index (χ4v) is 2.13. The van der Waals surface area contributed by atoms with Crippen molar-refractivity contribution in [3.05, 3.63) is 11.3 Å². The van der Waals surface area contributed by atoms with E-state index < -0.39 is 17.2 Å². The molecule has 0 aromatic heterocycles. The van der Waals surface area contributed by atoms with Crippen molar-refractivity contribution in [1.82, 2.24) is 0 Å². The van der Waals surface area contributed by atoms with Crippen LogP contribution in [0.3, 0.4) is 0 Å². The summed E-state index contributed by atoms with van der Waals surface area (Å²) in [5, 5.41) is 0. The summed E-state index contributed by atoms with van der Waals surface area (Å²) < 4.78 is 10.9. The highest BCUT2D eigenvalue weighted by atomic mass is 16.6. The Labute approximate surface area is 94.6 Å². The minimum Gasteiger partial charge on any atom is -0.491 e. The molecular formula is C12H16O4. The van der Waals surface area contributed by atoms with Crippen LogP contribution in [-0.4, -0.2) is 23.0 Å². The van der Waals surface area contributed by atoms with Gasteiger partial charge in [-0.1, -0.05) is 0 Å². The highest BCUT2D eigenvalue weighted by Gasteiger charge is 2.44. The van der Waals surface area contributed by atoms with E-state index in [1.54, 1.807) is 0 Å². The molecule has 2 heterocycles. The second-order valence-electron chi connectivity index (χ2n) is 5.59. The zero-order valence-corrected chi connectivity index (χ0v) is 10.0. The van der Waals surface area contributed by atoms with E-state index in [1.807, 2.05) is 27.7 Å². The van der Waals surface area contributed by atoms with Crippen LogP contribution in [0.5, 0.6) is 0 Å². The van der Waals surface area contributed by atoms with Crippen LogP contribution in [0, 0.1) is 0 Å².